The Morgan fingerprint density at radius 3 is 2.37 bits per heavy atom. The summed E-state index contributed by atoms with van der Waals surface area (Å²) in [6.45, 7) is 6.57. The van der Waals surface area contributed by atoms with Crippen LogP contribution in [0.15, 0.2) is 79.3 Å². The number of fused-ring (bicyclic) bond motifs is 2. The molecule has 2 atom stereocenters. The van der Waals surface area contributed by atoms with Gasteiger partial charge < -0.3 is 15.3 Å². The van der Waals surface area contributed by atoms with E-state index in [2.05, 4.69) is 65.6 Å². The summed E-state index contributed by atoms with van der Waals surface area (Å²) in [5, 5.41) is 20.0. The number of nitrogens with one attached hydrogen (secondary N) is 1. The molecule has 3 heterocycles. The maximum absolute atomic E-state index is 9.75. The van der Waals surface area contributed by atoms with Crippen LogP contribution in [0.3, 0.4) is 0 Å². The predicted octanol–water partition coefficient (Wildman–Crippen LogP) is 4.90. The van der Waals surface area contributed by atoms with Crippen molar-refractivity contribution in [2.75, 3.05) is 18.0 Å². The van der Waals surface area contributed by atoms with Gasteiger partial charge in [0.25, 0.3) is 0 Å². The number of rotatable bonds is 4. The second kappa shape index (κ2) is 8.80. The average Bonchev–Trinajstić information content (AvgIpc) is 3.31. The van der Waals surface area contributed by atoms with Crippen molar-refractivity contribution in [3.05, 3.63) is 84.8 Å². The molecule has 1 fully saturated rings. The molecule has 1 aliphatic rings. The van der Waals surface area contributed by atoms with Crippen LogP contribution in [0.25, 0.3) is 38.7 Å². The van der Waals surface area contributed by atoms with Crippen molar-refractivity contribution in [1.82, 2.24) is 19.9 Å². The summed E-state index contributed by atoms with van der Waals surface area (Å²) in [6, 6.07) is 21.9. The quantitative estimate of drug-likeness (QED) is 0.397. The van der Waals surface area contributed by atoms with Crippen LogP contribution in [0.5, 0.6) is 0 Å². The normalized spacial score (nSPS) is 18.4. The maximum atomic E-state index is 9.75. The van der Waals surface area contributed by atoms with E-state index < -0.39 is 0 Å². The van der Waals surface area contributed by atoms with Gasteiger partial charge in [0.05, 0.1) is 12.8 Å². The van der Waals surface area contributed by atoms with Gasteiger partial charge in [-0.1, -0.05) is 48.5 Å². The highest BCUT2D eigenvalue weighted by molar-refractivity contribution is 6.00. The van der Waals surface area contributed by atoms with E-state index in [1.54, 1.807) is 0 Å². The molecule has 6 heteroatoms. The van der Waals surface area contributed by atoms with E-state index in [4.69, 9.17) is 4.98 Å². The summed E-state index contributed by atoms with van der Waals surface area (Å²) in [6.07, 6.45) is 5.85. The number of anilines is 1. The van der Waals surface area contributed by atoms with Gasteiger partial charge in [-0.3, -0.25) is 0 Å². The van der Waals surface area contributed by atoms with Gasteiger partial charge in [-0.25, -0.2) is 9.50 Å². The molecule has 0 aliphatic carbocycles. The molecule has 1 saturated heterocycles. The highest BCUT2D eigenvalue weighted by Crippen LogP contribution is 2.33. The standard InChI is InChI=1S/C29H29N5O/c1-19-13-30-14-20(2)34(19)24-11-9-21(10-12-24)23-15-31-29-28(16-32-33(29)17-23)27-8-4-6-25-22(18-35)5-3-7-26(25)27/h3-12,15-17,19-20,30,35H,13-14,18H2,1-2H3. The molecular weight excluding hydrogens is 434 g/mol. The van der Waals surface area contributed by atoms with Crippen LogP contribution in [0, 0.1) is 0 Å². The van der Waals surface area contributed by atoms with E-state index >= 15 is 0 Å². The molecule has 176 valence electrons. The highest BCUT2D eigenvalue weighted by Gasteiger charge is 2.24. The van der Waals surface area contributed by atoms with Crippen LogP contribution in [-0.2, 0) is 6.61 Å². The molecule has 35 heavy (non-hydrogen) atoms. The van der Waals surface area contributed by atoms with Crippen LogP contribution in [0.4, 0.5) is 5.69 Å². The Hall–Kier alpha value is -3.74. The largest absolute Gasteiger partial charge is 0.392 e. The lowest BCUT2D eigenvalue weighted by Gasteiger charge is -2.41. The summed E-state index contributed by atoms with van der Waals surface area (Å²) in [4.78, 5) is 7.31. The lowest BCUT2D eigenvalue weighted by atomic mass is 9.97. The number of aliphatic hydroxyl groups excluding tert-OH is 1. The van der Waals surface area contributed by atoms with Gasteiger partial charge in [-0.15, -0.1) is 0 Å². The van der Waals surface area contributed by atoms with Crippen molar-refractivity contribution in [3.8, 4) is 22.3 Å². The van der Waals surface area contributed by atoms with Gasteiger partial charge in [-0.05, 0) is 53.4 Å². The third-order valence-electron chi connectivity index (χ3n) is 7.16. The molecular formula is C29H29N5O. The zero-order valence-electron chi connectivity index (χ0n) is 20.0. The fraction of sp³-hybridized carbons (Fsp3) is 0.241. The first-order valence-electron chi connectivity index (χ1n) is 12.2. The molecule has 0 amide bonds. The number of benzene rings is 3. The van der Waals surface area contributed by atoms with Crippen molar-refractivity contribution in [1.29, 1.82) is 0 Å². The Morgan fingerprint density at radius 1 is 0.857 bits per heavy atom. The van der Waals surface area contributed by atoms with Crippen molar-refractivity contribution < 1.29 is 5.11 Å². The molecule has 0 radical (unpaired) electrons. The van der Waals surface area contributed by atoms with Gasteiger partial charge in [0.2, 0.25) is 0 Å². The third kappa shape index (κ3) is 3.75. The Morgan fingerprint density at radius 2 is 1.60 bits per heavy atom. The van der Waals surface area contributed by atoms with E-state index in [1.807, 2.05) is 47.4 Å². The molecule has 2 N–H and O–H groups in total. The molecule has 0 saturated carbocycles. The van der Waals surface area contributed by atoms with Gasteiger partial charge in [0.15, 0.2) is 5.65 Å². The zero-order chi connectivity index (χ0) is 23.9. The first-order valence-corrected chi connectivity index (χ1v) is 12.2. The van der Waals surface area contributed by atoms with Crippen LogP contribution < -0.4 is 10.2 Å². The molecule has 0 bridgehead atoms. The van der Waals surface area contributed by atoms with Crippen LogP contribution in [0.2, 0.25) is 0 Å². The Bertz CT molecular complexity index is 1500. The van der Waals surface area contributed by atoms with Crippen LogP contribution in [0.1, 0.15) is 19.4 Å². The minimum absolute atomic E-state index is 0.0163. The van der Waals surface area contributed by atoms with Gasteiger partial charge >= 0.3 is 0 Å². The van der Waals surface area contributed by atoms with Gasteiger partial charge in [0, 0.05) is 54.4 Å². The Balaban J connectivity index is 1.35. The van der Waals surface area contributed by atoms with E-state index in [1.165, 1.54) is 5.69 Å². The second-order valence-electron chi connectivity index (χ2n) is 9.46. The molecule has 0 spiro atoms. The first kappa shape index (κ1) is 21.8. The molecule has 2 aromatic heterocycles. The minimum atomic E-state index is 0.0163. The minimum Gasteiger partial charge on any atom is -0.392 e. The summed E-state index contributed by atoms with van der Waals surface area (Å²) in [7, 11) is 0. The number of aromatic nitrogens is 3. The van der Waals surface area contributed by atoms with E-state index in [-0.39, 0.29) is 6.61 Å². The summed E-state index contributed by atoms with van der Waals surface area (Å²) < 4.78 is 1.85. The molecule has 1 aliphatic heterocycles. The predicted molar refractivity (Wildman–Crippen MR) is 142 cm³/mol. The summed E-state index contributed by atoms with van der Waals surface area (Å²) in [5.41, 5.74) is 7.18. The third-order valence-corrected chi connectivity index (χ3v) is 7.16. The molecule has 6 rings (SSSR count). The smallest absolute Gasteiger partial charge is 0.162 e. The number of hydrogen-bond donors (Lipinski definition) is 2. The van der Waals surface area contributed by atoms with Gasteiger partial charge in [-0.2, -0.15) is 5.10 Å². The SMILES string of the molecule is CC1CNCC(C)N1c1ccc(-c2cnc3c(-c4cccc5c(CO)cccc45)cnn3c2)cc1. The number of hydrogen-bond acceptors (Lipinski definition) is 5. The Labute approximate surface area is 204 Å². The average molecular weight is 464 g/mol. The van der Waals surface area contributed by atoms with Crippen molar-refractivity contribution in [2.24, 2.45) is 0 Å². The zero-order valence-corrected chi connectivity index (χ0v) is 20.0. The van der Waals surface area contributed by atoms with E-state index in [0.717, 1.165) is 57.3 Å². The lowest BCUT2D eigenvalue weighted by Crippen LogP contribution is -2.55. The second-order valence-corrected chi connectivity index (χ2v) is 9.46. The maximum Gasteiger partial charge on any atom is 0.162 e. The monoisotopic (exact) mass is 463 g/mol. The topological polar surface area (TPSA) is 65.7 Å². The highest BCUT2D eigenvalue weighted by atomic mass is 16.3. The summed E-state index contributed by atoms with van der Waals surface area (Å²) >= 11 is 0. The van der Waals surface area contributed by atoms with Crippen molar-refractivity contribution >= 4 is 22.1 Å². The fourth-order valence-corrected chi connectivity index (χ4v) is 5.43. The Kier molecular flexibility index (Phi) is 5.47. The van der Waals surface area contributed by atoms with Crippen LogP contribution >= 0.6 is 0 Å². The van der Waals surface area contributed by atoms with Crippen molar-refractivity contribution in [2.45, 2.75) is 32.5 Å². The molecule has 3 aromatic carbocycles. The lowest BCUT2D eigenvalue weighted by molar-refractivity contribution is 0.283. The number of aliphatic hydroxyl groups is 1. The number of nitrogens with zero attached hydrogens (tertiary/aromatic N) is 4. The fourth-order valence-electron chi connectivity index (χ4n) is 5.43. The van der Waals surface area contributed by atoms with E-state index in [0.29, 0.717) is 12.1 Å². The van der Waals surface area contributed by atoms with Crippen molar-refractivity contribution in [3.63, 3.8) is 0 Å². The molecule has 5 aromatic rings. The number of piperazine rings is 1. The molecule has 6 nitrogen and oxygen atoms in total. The van der Waals surface area contributed by atoms with Crippen LogP contribution in [-0.4, -0.2) is 44.9 Å². The summed E-state index contributed by atoms with van der Waals surface area (Å²) in [5.74, 6) is 0. The first-order chi connectivity index (χ1) is 17.1. The molecule has 2 unspecified atom stereocenters. The van der Waals surface area contributed by atoms with Gasteiger partial charge in [0.1, 0.15) is 0 Å². The van der Waals surface area contributed by atoms with E-state index in [9.17, 15) is 5.11 Å².